The number of aromatic nitrogens is 4. The number of rotatable bonds is 7. The van der Waals surface area contributed by atoms with Crippen LogP contribution in [0, 0.1) is 11.6 Å². The van der Waals surface area contributed by atoms with Crippen LogP contribution in [0.15, 0.2) is 54.9 Å². The number of carbonyl (C=O) groups is 1. The third-order valence-corrected chi connectivity index (χ3v) is 5.39. The molecule has 5 rings (SSSR count). The Bertz CT molecular complexity index is 1550. The number of imidazole rings is 2. The van der Waals surface area contributed by atoms with Crippen molar-refractivity contribution in [2.75, 3.05) is 25.6 Å². The van der Waals surface area contributed by atoms with Gasteiger partial charge in [-0.1, -0.05) is 17.7 Å². The fourth-order valence-electron chi connectivity index (χ4n) is 3.62. The molecule has 5 aromatic rings. The lowest BCUT2D eigenvalue weighted by atomic mass is 10.1. The van der Waals surface area contributed by atoms with Gasteiger partial charge in [0.05, 0.1) is 17.6 Å². The van der Waals surface area contributed by atoms with Crippen molar-refractivity contribution in [2.45, 2.75) is 0 Å². The van der Waals surface area contributed by atoms with Crippen LogP contribution in [-0.4, -0.2) is 45.6 Å². The molecule has 0 spiro atoms. The molecule has 0 fully saturated rings. The highest BCUT2D eigenvalue weighted by molar-refractivity contribution is 6.30. The van der Waals surface area contributed by atoms with Crippen molar-refractivity contribution in [3.8, 4) is 16.9 Å². The van der Waals surface area contributed by atoms with E-state index in [1.165, 1.54) is 42.1 Å². The van der Waals surface area contributed by atoms with Crippen LogP contribution < -0.4 is 10.1 Å². The monoisotopic (exact) mass is 497 g/mol. The van der Waals surface area contributed by atoms with Gasteiger partial charge in [-0.3, -0.25) is 10.1 Å². The Balaban J connectivity index is 1.39. The number of fused-ring (bicyclic) bond motifs is 2. The molecule has 178 valence electrons. The number of nitrogens with one attached hydrogen (secondary N) is 2. The number of carbonyl (C=O) groups excluding carboxylic acids is 1. The molecule has 3 aromatic heterocycles. The zero-order chi connectivity index (χ0) is 24.5. The van der Waals surface area contributed by atoms with E-state index in [0.717, 1.165) is 0 Å². The molecule has 2 N–H and O–H groups in total. The first kappa shape index (κ1) is 22.8. The van der Waals surface area contributed by atoms with E-state index < -0.39 is 17.5 Å². The van der Waals surface area contributed by atoms with Crippen molar-refractivity contribution in [3.05, 3.63) is 77.2 Å². The van der Waals surface area contributed by atoms with Crippen molar-refractivity contribution < 1.29 is 23.0 Å². The number of pyridine rings is 1. The third kappa shape index (κ3) is 4.79. The van der Waals surface area contributed by atoms with Gasteiger partial charge in [0.15, 0.2) is 11.4 Å². The number of hydrogen-bond donors (Lipinski definition) is 2. The van der Waals surface area contributed by atoms with Crippen LogP contribution in [-0.2, 0) is 4.74 Å². The van der Waals surface area contributed by atoms with Crippen molar-refractivity contribution in [1.82, 2.24) is 19.4 Å². The Morgan fingerprint density at radius 3 is 2.71 bits per heavy atom. The number of H-pyrrole nitrogens is 1. The average Bonchev–Trinajstić information content (AvgIpc) is 3.41. The second-order valence-corrected chi connectivity index (χ2v) is 8.09. The summed E-state index contributed by atoms with van der Waals surface area (Å²) in [6, 6.07) is 10.8. The standard InChI is InChI=1S/C24H18ClF2N5O3/c1-34-4-5-35-21-10-17(27)11-32-12-20(28-22(21)32)23(33)31-24-29-18-3-2-13(8-19(18)30-24)14-6-15(25)9-16(26)7-14/h2-3,6-12H,4-5H2,1H3,(H2,29,30,31,33). The van der Waals surface area contributed by atoms with E-state index in [1.54, 1.807) is 24.3 Å². The average molecular weight is 498 g/mol. The maximum Gasteiger partial charge on any atom is 0.278 e. The predicted molar refractivity (Wildman–Crippen MR) is 127 cm³/mol. The second kappa shape index (κ2) is 9.32. The molecule has 0 saturated carbocycles. The molecule has 0 saturated heterocycles. The van der Waals surface area contributed by atoms with Gasteiger partial charge < -0.3 is 18.9 Å². The Hall–Kier alpha value is -4.02. The summed E-state index contributed by atoms with van der Waals surface area (Å²) in [5.41, 5.74) is 2.87. The van der Waals surface area contributed by atoms with Crippen LogP contribution in [0.3, 0.4) is 0 Å². The summed E-state index contributed by atoms with van der Waals surface area (Å²) in [5, 5.41) is 2.94. The summed E-state index contributed by atoms with van der Waals surface area (Å²) >= 11 is 5.97. The summed E-state index contributed by atoms with van der Waals surface area (Å²) in [6.45, 7) is 0.517. The number of hydrogen-bond acceptors (Lipinski definition) is 5. The molecule has 0 radical (unpaired) electrons. The van der Waals surface area contributed by atoms with Gasteiger partial charge in [-0.15, -0.1) is 0 Å². The zero-order valence-electron chi connectivity index (χ0n) is 18.3. The molecule has 0 aliphatic heterocycles. The minimum absolute atomic E-state index is 0.0442. The molecule has 11 heteroatoms. The van der Waals surface area contributed by atoms with Crippen LogP contribution in [0.4, 0.5) is 14.7 Å². The first-order chi connectivity index (χ1) is 16.9. The third-order valence-electron chi connectivity index (χ3n) is 5.17. The van der Waals surface area contributed by atoms with Gasteiger partial charge in [-0.25, -0.2) is 18.7 Å². The van der Waals surface area contributed by atoms with Gasteiger partial charge in [0, 0.05) is 30.6 Å². The Labute approximate surface area is 202 Å². The van der Waals surface area contributed by atoms with E-state index in [9.17, 15) is 13.6 Å². The quantitative estimate of drug-likeness (QED) is 0.306. The van der Waals surface area contributed by atoms with Crippen LogP contribution in [0.25, 0.3) is 27.8 Å². The van der Waals surface area contributed by atoms with Crippen LogP contribution in [0.2, 0.25) is 5.02 Å². The van der Waals surface area contributed by atoms with Crippen molar-refractivity contribution >= 4 is 40.1 Å². The summed E-state index contributed by atoms with van der Waals surface area (Å²) in [7, 11) is 1.53. The van der Waals surface area contributed by atoms with E-state index in [0.29, 0.717) is 28.8 Å². The molecule has 1 amide bonds. The van der Waals surface area contributed by atoms with Gasteiger partial charge in [-0.05, 0) is 41.5 Å². The SMILES string of the molecule is COCCOc1cc(F)cn2cc(C(=O)Nc3nc4cc(-c5cc(F)cc(Cl)c5)ccc4[nH]3)nc12. The van der Waals surface area contributed by atoms with Crippen molar-refractivity contribution in [3.63, 3.8) is 0 Å². The summed E-state index contributed by atoms with van der Waals surface area (Å²) in [6.07, 6.45) is 2.59. The van der Waals surface area contributed by atoms with Gasteiger partial charge in [0.2, 0.25) is 5.95 Å². The number of benzene rings is 2. The van der Waals surface area contributed by atoms with E-state index in [1.807, 2.05) is 0 Å². The van der Waals surface area contributed by atoms with Crippen molar-refractivity contribution in [1.29, 1.82) is 0 Å². The highest BCUT2D eigenvalue weighted by Gasteiger charge is 2.17. The highest BCUT2D eigenvalue weighted by Crippen LogP contribution is 2.28. The minimum Gasteiger partial charge on any atom is -0.487 e. The fourth-order valence-corrected chi connectivity index (χ4v) is 3.84. The molecule has 8 nitrogen and oxygen atoms in total. The summed E-state index contributed by atoms with van der Waals surface area (Å²) in [5.74, 6) is -1.15. The molecule has 0 unspecified atom stereocenters. The Kier molecular flexibility index (Phi) is 6.06. The Morgan fingerprint density at radius 2 is 1.91 bits per heavy atom. The zero-order valence-corrected chi connectivity index (χ0v) is 19.1. The number of methoxy groups -OCH3 is 1. The molecule has 0 aliphatic rings. The van der Waals surface area contributed by atoms with Crippen LogP contribution >= 0.6 is 11.6 Å². The first-order valence-corrected chi connectivity index (χ1v) is 10.8. The maximum atomic E-state index is 14.0. The van der Waals surface area contributed by atoms with Crippen LogP contribution in [0.5, 0.6) is 5.75 Å². The number of halogens is 3. The fraction of sp³-hybridized carbons (Fsp3) is 0.125. The lowest BCUT2D eigenvalue weighted by Crippen LogP contribution is -2.13. The lowest BCUT2D eigenvalue weighted by Gasteiger charge is -2.06. The highest BCUT2D eigenvalue weighted by atomic mass is 35.5. The topological polar surface area (TPSA) is 93.5 Å². The molecule has 0 atom stereocenters. The Morgan fingerprint density at radius 1 is 1.06 bits per heavy atom. The number of amides is 1. The van der Waals surface area contributed by atoms with Gasteiger partial charge in [-0.2, -0.15) is 0 Å². The van der Waals surface area contributed by atoms with E-state index in [2.05, 4.69) is 20.3 Å². The summed E-state index contributed by atoms with van der Waals surface area (Å²) in [4.78, 5) is 24.5. The summed E-state index contributed by atoms with van der Waals surface area (Å²) < 4.78 is 39.6. The molecule has 0 aliphatic carbocycles. The lowest BCUT2D eigenvalue weighted by molar-refractivity contribution is 0.102. The number of nitrogens with zero attached hydrogens (tertiary/aromatic N) is 3. The largest absolute Gasteiger partial charge is 0.487 e. The van der Waals surface area contributed by atoms with Gasteiger partial charge in [0.25, 0.3) is 5.91 Å². The first-order valence-electron chi connectivity index (χ1n) is 10.5. The molecular weight excluding hydrogens is 480 g/mol. The van der Waals surface area contributed by atoms with Crippen LogP contribution in [0.1, 0.15) is 10.5 Å². The molecule has 2 aromatic carbocycles. The predicted octanol–water partition coefficient (Wildman–Crippen LogP) is 5.09. The van der Waals surface area contributed by atoms with Gasteiger partial charge in [0.1, 0.15) is 23.9 Å². The molecular formula is C24H18ClF2N5O3. The number of anilines is 1. The normalized spacial score (nSPS) is 11.3. The minimum atomic E-state index is -0.548. The second-order valence-electron chi connectivity index (χ2n) is 7.65. The number of ether oxygens (including phenoxy) is 2. The molecule has 3 heterocycles. The maximum absolute atomic E-state index is 14.0. The number of aromatic amines is 1. The van der Waals surface area contributed by atoms with E-state index in [4.69, 9.17) is 21.1 Å². The smallest absolute Gasteiger partial charge is 0.278 e. The van der Waals surface area contributed by atoms with Crippen molar-refractivity contribution in [2.24, 2.45) is 0 Å². The molecule has 35 heavy (non-hydrogen) atoms. The van der Waals surface area contributed by atoms with Gasteiger partial charge >= 0.3 is 0 Å². The van der Waals surface area contributed by atoms with E-state index >= 15 is 0 Å². The van der Waals surface area contributed by atoms with E-state index in [-0.39, 0.29) is 34.7 Å². The molecule has 0 bridgehead atoms.